The zero-order chi connectivity index (χ0) is 15.8. The lowest BCUT2D eigenvalue weighted by Crippen LogP contribution is -2.15. The smallest absolute Gasteiger partial charge is 0.343 e. The van der Waals surface area contributed by atoms with Gasteiger partial charge in [0.1, 0.15) is 5.75 Å². The van der Waals surface area contributed by atoms with Gasteiger partial charge < -0.3 is 20.1 Å². The Balaban J connectivity index is 1.78. The van der Waals surface area contributed by atoms with Crippen LogP contribution in [-0.4, -0.2) is 38.7 Å². The minimum atomic E-state index is -0.445. The molecule has 6 heteroatoms. The normalized spacial score (nSPS) is 17.0. The number of benzene rings is 1. The maximum atomic E-state index is 11.9. The molecule has 1 aromatic rings. The number of methoxy groups -OCH3 is 1. The fourth-order valence-electron chi connectivity index (χ4n) is 2.38. The standard InChI is InChI=1S/C16H22N2O4/c1-21-16(20)11-22-14-4-2-3-13(9-14)18-15(19)6-5-12-7-8-17-10-12/h2-4,9,12,17H,5-8,10-11H2,1H3,(H,18,19). The number of rotatable bonds is 7. The Hall–Kier alpha value is -2.08. The first-order chi connectivity index (χ1) is 10.7. The monoisotopic (exact) mass is 306 g/mol. The first-order valence-corrected chi connectivity index (χ1v) is 7.47. The number of anilines is 1. The van der Waals surface area contributed by atoms with Gasteiger partial charge in [0.05, 0.1) is 7.11 Å². The van der Waals surface area contributed by atoms with E-state index in [9.17, 15) is 9.59 Å². The number of esters is 1. The van der Waals surface area contributed by atoms with Crippen LogP contribution in [0.5, 0.6) is 5.75 Å². The molecule has 1 heterocycles. The van der Waals surface area contributed by atoms with Crippen molar-refractivity contribution in [3.05, 3.63) is 24.3 Å². The summed E-state index contributed by atoms with van der Waals surface area (Å²) in [5, 5.41) is 6.15. The molecule has 0 aliphatic carbocycles. The van der Waals surface area contributed by atoms with Crippen LogP contribution in [0.15, 0.2) is 24.3 Å². The number of nitrogens with one attached hydrogen (secondary N) is 2. The summed E-state index contributed by atoms with van der Waals surface area (Å²) in [6.45, 7) is 1.90. The molecule has 1 unspecified atom stereocenters. The molecule has 2 rings (SSSR count). The summed E-state index contributed by atoms with van der Waals surface area (Å²) in [5.74, 6) is 0.667. The Bertz CT molecular complexity index is 513. The van der Waals surface area contributed by atoms with Gasteiger partial charge in [0.2, 0.25) is 5.91 Å². The lowest BCUT2D eigenvalue weighted by molar-refractivity contribution is -0.142. The van der Waals surface area contributed by atoms with Gasteiger partial charge in [0.15, 0.2) is 6.61 Å². The van der Waals surface area contributed by atoms with E-state index in [1.807, 2.05) is 0 Å². The van der Waals surface area contributed by atoms with Crippen LogP contribution >= 0.6 is 0 Å². The van der Waals surface area contributed by atoms with Gasteiger partial charge in [-0.05, 0) is 44.0 Å². The van der Waals surface area contributed by atoms with E-state index in [2.05, 4.69) is 15.4 Å². The molecule has 0 radical (unpaired) electrons. The van der Waals surface area contributed by atoms with Crippen molar-refractivity contribution in [3.63, 3.8) is 0 Å². The molecule has 2 N–H and O–H groups in total. The first kappa shape index (κ1) is 16.3. The van der Waals surface area contributed by atoms with Crippen LogP contribution in [0, 0.1) is 5.92 Å². The van der Waals surface area contributed by atoms with E-state index in [0.29, 0.717) is 23.8 Å². The second kappa shape index (κ2) is 8.38. The minimum absolute atomic E-state index is 0.00276. The van der Waals surface area contributed by atoms with E-state index in [4.69, 9.17) is 4.74 Å². The summed E-state index contributed by atoms with van der Waals surface area (Å²) in [4.78, 5) is 23.0. The largest absolute Gasteiger partial charge is 0.482 e. The van der Waals surface area contributed by atoms with Crippen molar-refractivity contribution in [3.8, 4) is 5.75 Å². The second-order valence-corrected chi connectivity index (χ2v) is 5.34. The van der Waals surface area contributed by atoms with E-state index in [1.54, 1.807) is 24.3 Å². The van der Waals surface area contributed by atoms with Crippen LogP contribution in [0.3, 0.4) is 0 Å². The van der Waals surface area contributed by atoms with Crippen molar-refractivity contribution in [2.75, 3.05) is 32.1 Å². The zero-order valence-corrected chi connectivity index (χ0v) is 12.8. The number of amides is 1. The van der Waals surface area contributed by atoms with E-state index in [-0.39, 0.29) is 12.5 Å². The molecule has 1 saturated heterocycles. The Morgan fingerprint density at radius 2 is 2.27 bits per heavy atom. The predicted molar refractivity (Wildman–Crippen MR) is 82.8 cm³/mol. The summed E-state index contributed by atoms with van der Waals surface area (Å²) in [6, 6.07) is 6.98. The Morgan fingerprint density at radius 1 is 1.41 bits per heavy atom. The average Bonchev–Trinajstić information content (AvgIpc) is 3.04. The lowest BCUT2D eigenvalue weighted by atomic mass is 10.0. The first-order valence-electron chi connectivity index (χ1n) is 7.47. The molecule has 120 valence electrons. The molecule has 1 amide bonds. The third-order valence-corrected chi connectivity index (χ3v) is 3.64. The molecule has 0 spiro atoms. The van der Waals surface area contributed by atoms with Gasteiger partial charge in [-0.3, -0.25) is 4.79 Å². The lowest BCUT2D eigenvalue weighted by Gasteiger charge is -2.10. The topological polar surface area (TPSA) is 76.7 Å². The highest BCUT2D eigenvalue weighted by Crippen LogP contribution is 2.19. The highest BCUT2D eigenvalue weighted by Gasteiger charge is 2.15. The van der Waals surface area contributed by atoms with Crippen LogP contribution in [0.25, 0.3) is 0 Å². The van der Waals surface area contributed by atoms with Gasteiger partial charge in [-0.1, -0.05) is 6.07 Å². The molecule has 1 atom stereocenters. The minimum Gasteiger partial charge on any atom is -0.482 e. The predicted octanol–water partition coefficient (Wildman–Crippen LogP) is 1.57. The van der Waals surface area contributed by atoms with Crippen molar-refractivity contribution in [1.29, 1.82) is 0 Å². The van der Waals surface area contributed by atoms with Crippen molar-refractivity contribution in [2.45, 2.75) is 19.3 Å². The van der Waals surface area contributed by atoms with Crippen molar-refractivity contribution < 1.29 is 19.1 Å². The van der Waals surface area contributed by atoms with Crippen molar-refractivity contribution in [2.24, 2.45) is 5.92 Å². The summed E-state index contributed by atoms with van der Waals surface area (Å²) >= 11 is 0. The third-order valence-electron chi connectivity index (χ3n) is 3.64. The number of hydrogen-bond acceptors (Lipinski definition) is 5. The van der Waals surface area contributed by atoms with E-state index >= 15 is 0 Å². The van der Waals surface area contributed by atoms with E-state index in [0.717, 1.165) is 25.9 Å². The maximum absolute atomic E-state index is 11.9. The van der Waals surface area contributed by atoms with Crippen LogP contribution in [-0.2, 0) is 14.3 Å². The molecule has 1 aliphatic rings. The third kappa shape index (κ3) is 5.37. The zero-order valence-electron chi connectivity index (χ0n) is 12.8. The van der Waals surface area contributed by atoms with Gasteiger partial charge >= 0.3 is 5.97 Å². The maximum Gasteiger partial charge on any atom is 0.343 e. The van der Waals surface area contributed by atoms with Gasteiger partial charge in [-0.2, -0.15) is 0 Å². The average molecular weight is 306 g/mol. The summed E-state index contributed by atoms with van der Waals surface area (Å²) < 4.78 is 9.80. The summed E-state index contributed by atoms with van der Waals surface area (Å²) in [7, 11) is 1.31. The summed E-state index contributed by atoms with van der Waals surface area (Å²) in [6.07, 6.45) is 2.56. The van der Waals surface area contributed by atoms with Crippen molar-refractivity contribution in [1.82, 2.24) is 5.32 Å². The Labute approximate surface area is 130 Å². The molecule has 0 bridgehead atoms. The number of hydrogen-bond donors (Lipinski definition) is 2. The van der Waals surface area contributed by atoms with Crippen LogP contribution in [0.1, 0.15) is 19.3 Å². The highest BCUT2D eigenvalue weighted by molar-refractivity contribution is 5.90. The molecule has 1 fully saturated rings. The van der Waals surface area contributed by atoms with E-state index in [1.165, 1.54) is 7.11 Å². The molecule has 22 heavy (non-hydrogen) atoms. The quantitative estimate of drug-likeness (QED) is 0.748. The molecular formula is C16H22N2O4. The molecule has 1 aromatic carbocycles. The van der Waals surface area contributed by atoms with E-state index < -0.39 is 5.97 Å². The molecule has 0 aromatic heterocycles. The number of ether oxygens (including phenoxy) is 2. The van der Waals surface area contributed by atoms with Crippen molar-refractivity contribution >= 4 is 17.6 Å². The van der Waals surface area contributed by atoms with Crippen LogP contribution in [0.2, 0.25) is 0 Å². The Kier molecular flexibility index (Phi) is 6.21. The molecule has 0 saturated carbocycles. The highest BCUT2D eigenvalue weighted by atomic mass is 16.6. The fourth-order valence-corrected chi connectivity index (χ4v) is 2.38. The SMILES string of the molecule is COC(=O)COc1cccc(NC(=O)CCC2CCNC2)c1. The van der Waals surface area contributed by atoms with Gasteiger partial charge in [-0.25, -0.2) is 4.79 Å². The van der Waals surface area contributed by atoms with Gasteiger partial charge in [0.25, 0.3) is 0 Å². The number of carbonyl (C=O) groups excluding carboxylic acids is 2. The van der Waals surface area contributed by atoms with Gasteiger partial charge in [-0.15, -0.1) is 0 Å². The second-order valence-electron chi connectivity index (χ2n) is 5.34. The number of carbonyl (C=O) groups is 2. The molecular weight excluding hydrogens is 284 g/mol. The molecule has 6 nitrogen and oxygen atoms in total. The Morgan fingerprint density at radius 3 is 3.00 bits per heavy atom. The van der Waals surface area contributed by atoms with Gasteiger partial charge in [0, 0.05) is 18.2 Å². The fraction of sp³-hybridized carbons (Fsp3) is 0.500. The van der Waals surface area contributed by atoms with Crippen LogP contribution in [0.4, 0.5) is 5.69 Å². The van der Waals surface area contributed by atoms with Crippen LogP contribution < -0.4 is 15.4 Å². The summed E-state index contributed by atoms with van der Waals surface area (Å²) in [5.41, 5.74) is 0.664. The molecule has 1 aliphatic heterocycles.